The van der Waals surface area contributed by atoms with Crippen molar-refractivity contribution >= 4 is 22.2 Å². The lowest BCUT2D eigenvalue weighted by Gasteiger charge is -2.04. The molecule has 0 aromatic carbocycles. The summed E-state index contributed by atoms with van der Waals surface area (Å²) >= 11 is -3.48. The third kappa shape index (κ3) is 4.30. The van der Waals surface area contributed by atoms with Crippen molar-refractivity contribution in [2.45, 2.75) is 5.56 Å². The highest BCUT2D eigenvalue weighted by atomic mass is 32.2. The van der Waals surface area contributed by atoms with Gasteiger partial charge in [-0.3, -0.25) is 9.30 Å². The van der Waals surface area contributed by atoms with Crippen LogP contribution in [-0.4, -0.2) is 27.3 Å². The van der Waals surface area contributed by atoms with Crippen LogP contribution in [-0.2, 0) is 30.5 Å². The van der Waals surface area contributed by atoms with Gasteiger partial charge in [-0.25, -0.2) is 12.6 Å². The minimum atomic E-state index is -1.86. The molecule has 0 rings (SSSR count). The molecule has 66 valence electrons. The monoisotopic (exact) mass is 200 g/mol. The Morgan fingerprint density at radius 3 is 2.36 bits per heavy atom. The number of nitrogens with zero attached hydrogens (tertiary/aromatic N) is 1. The first-order valence-electron chi connectivity index (χ1n) is 2.47. The van der Waals surface area contributed by atoms with Crippen LogP contribution in [0.3, 0.4) is 0 Å². The summed E-state index contributed by atoms with van der Waals surface area (Å²) in [6.45, 7) is 0. The van der Waals surface area contributed by atoms with Crippen LogP contribution in [0.15, 0.2) is 0 Å². The van der Waals surface area contributed by atoms with Crippen LogP contribution >= 0.6 is 0 Å². The number of hydrogen-bond donors (Lipinski definition) is 1. The van der Waals surface area contributed by atoms with Crippen molar-refractivity contribution in [1.29, 1.82) is 0 Å². The molecule has 3 unspecified atom stereocenters. The van der Waals surface area contributed by atoms with Gasteiger partial charge in [-0.2, -0.15) is 0 Å². The zero-order valence-electron chi connectivity index (χ0n) is 5.97. The number of hydrogen-bond acceptors (Lipinski definition) is 4. The molecule has 0 bridgehead atoms. The lowest BCUT2D eigenvalue weighted by atomic mass is 11.3. The normalized spacial score (nSPS) is 18.7. The summed E-state index contributed by atoms with van der Waals surface area (Å²) in [5.74, 6) is 0. The van der Waals surface area contributed by atoms with E-state index < -0.39 is 27.7 Å². The van der Waals surface area contributed by atoms with Crippen LogP contribution in [0.1, 0.15) is 0 Å². The molecule has 1 N–H and O–H groups in total. The Kier molecular flexibility index (Phi) is 5.38. The molecule has 8 heteroatoms. The van der Waals surface area contributed by atoms with Crippen LogP contribution in [0.2, 0.25) is 0 Å². The summed E-state index contributed by atoms with van der Waals surface area (Å²) in [5, 5.41) is 1.54. The first-order valence-corrected chi connectivity index (χ1v) is 5.09. The fraction of sp³-hybridized carbons (Fsp3) is 1.00. The van der Waals surface area contributed by atoms with E-state index in [1.807, 2.05) is 0 Å². The molecule has 0 aliphatic carbocycles. The zero-order chi connectivity index (χ0) is 8.85. The molecule has 0 spiro atoms. The van der Waals surface area contributed by atoms with E-state index >= 15 is 0 Å². The van der Waals surface area contributed by atoms with Gasteiger partial charge in [0.1, 0.15) is 0 Å². The van der Waals surface area contributed by atoms with E-state index in [-0.39, 0.29) is 0 Å². The van der Waals surface area contributed by atoms with E-state index in [0.29, 0.717) is 0 Å². The molecule has 0 aromatic rings. The van der Waals surface area contributed by atoms with Gasteiger partial charge in [0.05, 0.1) is 7.11 Å². The molecule has 0 aliphatic heterocycles. The van der Waals surface area contributed by atoms with Crippen LogP contribution in [0.25, 0.3) is 5.53 Å². The van der Waals surface area contributed by atoms with E-state index in [2.05, 4.69) is 8.37 Å². The molecular weight excluding hydrogens is 192 g/mol. The molecular formula is C3H8N2O4S2. The third-order valence-electron chi connectivity index (χ3n) is 0.667. The van der Waals surface area contributed by atoms with E-state index in [1.165, 1.54) is 13.4 Å². The molecule has 6 nitrogen and oxygen atoms in total. The van der Waals surface area contributed by atoms with Crippen LogP contribution < -0.4 is 5.11 Å². The van der Waals surface area contributed by atoms with Crippen molar-refractivity contribution in [3.8, 4) is 0 Å². The van der Waals surface area contributed by atoms with E-state index in [0.717, 1.165) is 0 Å². The summed E-state index contributed by atoms with van der Waals surface area (Å²) in [7, 11) is 1.17. The summed E-state index contributed by atoms with van der Waals surface area (Å²) in [6, 6.07) is 0. The van der Waals surface area contributed by atoms with Crippen LogP contribution in [0.5, 0.6) is 0 Å². The minimum Gasteiger partial charge on any atom is -0.505 e. The maximum atomic E-state index is 10.7. The van der Waals surface area contributed by atoms with Crippen molar-refractivity contribution in [3.63, 3.8) is 0 Å². The SMILES string of the molecule is COS(=O)C([NH+]=[N-])OS(C)=O. The van der Waals surface area contributed by atoms with Gasteiger partial charge < -0.3 is 5.53 Å². The highest BCUT2D eigenvalue weighted by molar-refractivity contribution is 7.82. The average molecular weight is 200 g/mol. The third-order valence-corrected chi connectivity index (χ3v) is 2.13. The Balaban J connectivity index is 4.05. The second-order valence-corrected chi connectivity index (χ2v) is 3.66. The van der Waals surface area contributed by atoms with Crippen molar-refractivity contribution in [1.82, 2.24) is 0 Å². The molecule has 0 aliphatic rings. The molecule has 0 saturated carbocycles. The first-order chi connectivity index (χ1) is 5.11. The summed E-state index contributed by atoms with van der Waals surface area (Å²) in [4.78, 5) is 0. The van der Waals surface area contributed by atoms with E-state index in [1.54, 1.807) is 5.11 Å². The van der Waals surface area contributed by atoms with E-state index in [9.17, 15) is 8.42 Å². The first kappa shape index (κ1) is 10.8. The van der Waals surface area contributed by atoms with Crippen molar-refractivity contribution in [2.75, 3.05) is 13.4 Å². The quantitative estimate of drug-likeness (QED) is 0.410. The molecule has 0 fully saturated rings. The van der Waals surface area contributed by atoms with Gasteiger partial charge in [-0.1, -0.05) is 0 Å². The van der Waals surface area contributed by atoms with Crippen LogP contribution in [0.4, 0.5) is 0 Å². The van der Waals surface area contributed by atoms with Crippen LogP contribution in [0, 0.1) is 0 Å². The topological polar surface area (TPSA) is 88.9 Å². The number of nitrogens with one attached hydrogen (secondary N) is 1. The Morgan fingerprint density at radius 2 is 2.09 bits per heavy atom. The van der Waals surface area contributed by atoms with Gasteiger partial charge in [0.15, 0.2) is 11.1 Å². The molecule has 0 amide bonds. The Morgan fingerprint density at radius 1 is 1.55 bits per heavy atom. The van der Waals surface area contributed by atoms with Gasteiger partial charge in [-0.05, 0) is 0 Å². The zero-order valence-corrected chi connectivity index (χ0v) is 7.61. The van der Waals surface area contributed by atoms with Gasteiger partial charge in [0, 0.05) is 6.26 Å². The predicted octanol–water partition coefficient (Wildman–Crippen LogP) is -2.01. The van der Waals surface area contributed by atoms with Crippen molar-refractivity contribution in [3.05, 3.63) is 5.53 Å². The maximum Gasteiger partial charge on any atom is 0.361 e. The molecule has 0 heterocycles. The molecule has 0 saturated heterocycles. The van der Waals surface area contributed by atoms with Gasteiger partial charge in [0.25, 0.3) is 11.1 Å². The Hall–Kier alpha value is -0.180. The fourth-order valence-corrected chi connectivity index (χ4v) is 1.45. The van der Waals surface area contributed by atoms with Crippen molar-refractivity contribution < 1.29 is 21.9 Å². The van der Waals surface area contributed by atoms with Gasteiger partial charge >= 0.3 is 5.56 Å². The Labute approximate surface area is 69.1 Å². The van der Waals surface area contributed by atoms with Gasteiger partial charge in [-0.15, -0.1) is 0 Å². The smallest absolute Gasteiger partial charge is 0.361 e. The molecule has 11 heavy (non-hydrogen) atoms. The predicted molar refractivity (Wildman–Crippen MR) is 38.4 cm³/mol. The fourth-order valence-electron chi connectivity index (χ4n) is 0.307. The van der Waals surface area contributed by atoms with E-state index in [4.69, 9.17) is 5.53 Å². The van der Waals surface area contributed by atoms with Gasteiger partial charge in [0.2, 0.25) is 0 Å². The maximum absolute atomic E-state index is 10.7. The summed E-state index contributed by atoms with van der Waals surface area (Å²) in [5.41, 5.74) is 7.01. The molecule has 0 radical (unpaired) electrons. The molecule has 3 atom stereocenters. The van der Waals surface area contributed by atoms with Crippen molar-refractivity contribution in [2.24, 2.45) is 0 Å². The average Bonchev–Trinajstić information content (AvgIpc) is 1.98. The summed E-state index contributed by atoms with van der Waals surface area (Å²) in [6.07, 6.45) is 1.23. The second kappa shape index (κ2) is 5.47. The summed E-state index contributed by atoms with van der Waals surface area (Å²) < 4.78 is 29.8. The lowest BCUT2D eigenvalue weighted by Crippen LogP contribution is -2.74. The largest absolute Gasteiger partial charge is 0.505 e. The lowest BCUT2D eigenvalue weighted by molar-refractivity contribution is -0.537. The Bertz CT molecular complexity index is 184. The highest BCUT2D eigenvalue weighted by Crippen LogP contribution is 1.92. The standard InChI is InChI=1S/C3H8N2O4S2/c1-8-11(7)3(5-4)9-10(2)6/h3,5H,1-2H3. The highest BCUT2D eigenvalue weighted by Gasteiger charge is 2.20. The molecule has 0 aromatic heterocycles. The number of rotatable bonds is 5. The minimum absolute atomic E-state index is 1.17. The second-order valence-electron chi connectivity index (χ2n) is 1.39.